The number of phenolic OH excluding ortho intramolecular Hbond substituents is 1. The lowest BCUT2D eigenvalue weighted by molar-refractivity contribution is 0.476. The lowest BCUT2D eigenvalue weighted by atomic mass is 10.1. The van der Waals surface area contributed by atoms with Crippen LogP contribution in [0.4, 0.5) is 5.82 Å². The van der Waals surface area contributed by atoms with Crippen molar-refractivity contribution >= 4 is 16.6 Å². The van der Waals surface area contributed by atoms with Crippen molar-refractivity contribution in [3.05, 3.63) is 30.5 Å². The highest BCUT2D eigenvalue weighted by atomic mass is 16.3. The fourth-order valence-electron chi connectivity index (χ4n) is 2.18. The predicted molar refractivity (Wildman–Crippen MR) is 68.5 cm³/mol. The van der Waals surface area contributed by atoms with Crippen LogP contribution < -0.4 is 10.2 Å². The van der Waals surface area contributed by atoms with E-state index < -0.39 is 0 Å². The zero-order chi connectivity index (χ0) is 11.7. The summed E-state index contributed by atoms with van der Waals surface area (Å²) in [6.45, 7) is 4.01. The maximum Gasteiger partial charge on any atom is 0.129 e. The van der Waals surface area contributed by atoms with Crippen LogP contribution in [-0.2, 0) is 0 Å². The maximum atomic E-state index is 9.40. The smallest absolute Gasteiger partial charge is 0.129 e. The maximum absolute atomic E-state index is 9.40. The number of piperazine rings is 1. The van der Waals surface area contributed by atoms with E-state index in [0.717, 1.165) is 42.8 Å². The van der Waals surface area contributed by atoms with E-state index in [1.165, 1.54) is 0 Å². The number of aromatic hydroxyl groups is 1. The molecule has 0 atom stereocenters. The molecule has 1 saturated heterocycles. The van der Waals surface area contributed by atoms with Gasteiger partial charge in [-0.25, -0.2) is 4.98 Å². The quantitative estimate of drug-likeness (QED) is 0.775. The zero-order valence-corrected chi connectivity index (χ0v) is 9.56. The van der Waals surface area contributed by atoms with Crippen LogP contribution in [0, 0.1) is 0 Å². The summed E-state index contributed by atoms with van der Waals surface area (Å²) in [4.78, 5) is 6.74. The number of rotatable bonds is 1. The van der Waals surface area contributed by atoms with Gasteiger partial charge < -0.3 is 15.3 Å². The molecule has 2 N–H and O–H groups in total. The number of aromatic nitrogens is 1. The molecule has 17 heavy (non-hydrogen) atoms. The fraction of sp³-hybridized carbons (Fsp3) is 0.308. The third-order valence-corrected chi connectivity index (χ3v) is 3.13. The summed E-state index contributed by atoms with van der Waals surface area (Å²) in [6.07, 6.45) is 1.83. The lowest BCUT2D eigenvalue weighted by Crippen LogP contribution is -2.43. The zero-order valence-electron chi connectivity index (χ0n) is 9.56. The number of phenols is 1. The Bertz CT molecular complexity index is 535. The summed E-state index contributed by atoms with van der Waals surface area (Å²) in [6, 6.07) is 7.46. The molecule has 0 saturated carbocycles. The summed E-state index contributed by atoms with van der Waals surface area (Å²) in [5, 5.41) is 14.8. The Hall–Kier alpha value is -1.81. The fourth-order valence-corrected chi connectivity index (χ4v) is 2.18. The second-order valence-electron chi connectivity index (χ2n) is 4.31. The van der Waals surface area contributed by atoms with Gasteiger partial charge in [-0.1, -0.05) is 6.07 Å². The summed E-state index contributed by atoms with van der Waals surface area (Å²) < 4.78 is 0. The summed E-state index contributed by atoms with van der Waals surface area (Å²) in [5.41, 5.74) is 0. The minimum absolute atomic E-state index is 0.286. The SMILES string of the molecule is Oc1ccc2cc(N3CCNCC3)ncc2c1. The molecule has 2 heterocycles. The van der Waals surface area contributed by atoms with Gasteiger partial charge in [0, 0.05) is 37.8 Å². The van der Waals surface area contributed by atoms with Crippen molar-refractivity contribution in [1.82, 2.24) is 10.3 Å². The molecule has 0 bridgehead atoms. The van der Waals surface area contributed by atoms with Gasteiger partial charge in [-0.2, -0.15) is 0 Å². The predicted octanol–water partition coefficient (Wildman–Crippen LogP) is 1.35. The van der Waals surface area contributed by atoms with Crippen LogP contribution in [0.15, 0.2) is 30.5 Å². The van der Waals surface area contributed by atoms with Crippen molar-refractivity contribution < 1.29 is 5.11 Å². The van der Waals surface area contributed by atoms with Crippen molar-refractivity contribution in [3.8, 4) is 5.75 Å². The van der Waals surface area contributed by atoms with Crippen LogP contribution in [-0.4, -0.2) is 36.3 Å². The van der Waals surface area contributed by atoms with E-state index in [4.69, 9.17) is 0 Å². The van der Waals surface area contributed by atoms with E-state index in [1.54, 1.807) is 12.1 Å². The first-order chi connectivity index (χ1) is 8.33. The Morgan fingerprint density at radius 2 is 1.94 bits per heavy atom. The van der Waals surface area contributed by atoms with E-state index in [1.807, 2.05) is 12.3 Å². The van der Waals surface area contributed by atoms with Crippen LogP contribution in [0.2, 0.25) is 0 Å². The standard InChI is InChI=1S/C13H15N3O/c17-12-2-1-10-8-13(15-9-11(10)7-12)16-5-3-14-4-6-16/h1-2,7-9,14,17H,3-6H2. The molecule has 0 amide bonds. The number of nitrogens with one attached hydrogen (secondary N) is 1. The second-order valence-corrected chi connectivity index (χ2v) is 4.31. The van der Waals surface area contributed by atoms with Crippen LogP contribution in [0.25, 0.3) is 10.8 Å². The highest BCUT2D eigenvalue weighted by molar-refractivity contribution is 5.85. The molecule has 0 aliphatic carbocycles. The monoisotopic (exact) mass is 229 g/mol. The molecular weight excluding hydrogens is 214 g/mol. The first-order valence-electron chi connectivity index (χ1n) is 5.87. The Morgan fingerprint density at radius 3 is 2.76 bits per heavy atom. The molecular formula is C13H15N3O. The van der Waals surface area contributed by atoms with Crippen molar-refractivity contribution in [2.75, 3.05) is 31.1 Å². The molecule has 88 valence electrons. The summed E-state index contributed by atoms with van der Waals surface area (Å²) in [7, 11) is 0. The van der Waals surface area contributed by atoms with Gasteiger partial charge in [0.15, 0.2) is 0 Å². The molecule has 0 unspecified atom stereocenters. The minimum atomic E-state index is 0.286. The highest BCUT2D eigenvalue weighted by Gasteiger charge is 2.11. The molecule has 3 rings (SSSR count). The lowest BCUT2D eigenvalue weighted by Gasteiger charge is -2.28. The van der Waals surface area contributed by atoms with Gasteiger partial charge in [0.25, 0.3) is 0 Å². The van der Waals surface area contributed by atoms with E-state index in [2.05, 4.69) is 21.3 Å². The average Bonchev–Trinajstić information content (AvgIpc) is 2.39. The molecule has 1 aromatic heterocycles. The average molecular weight is 229 g/mol. The van der Waals surface area contributed by atoms with Gasteiger partial charge in [0.05, 0.1) is 0 Å². The number of pyridine rings is 1. The third kappa shape index (κ3) is 2.03. The molecule has 1 aliphatic heterocycles. The highest BCUT2D eigenvalue weighted by Crippen LogP contribution is 2.23. The molecule has 4 nitrogen and oxygen atoms in total. The third-order valence-electron chi connectivity index (χ3n) is 3.13. The first kappa shape index (κ1) is 10.4. The van der Waals surface area contributed by atoms with Gasteiger partial charge in [0.2, 0.25) is 0 Å². The van der Waals surface area contributed by atoms with Crippen LogP contribution >= 0.6 is 0 Å². The molecule has 4 heteroatoms. The van der Waals surface area contributed by atoms with Crippen molar-refractivity contribution in [3.63, 3.8) is 0 Å². The van der Waals surface area contributed by atoms with Crippen molar-refractivity contribution in [1.29, 1.82) is 0 Å². The number of anilines is 1. The normalized spacial score (nSPS) is 16.4. The van der Waals surface area contributed by atoms with E-state index in [9.17, 15) is 5.11 Å². The molecule has 1 aromatic carbocycles. The summed E-state index contributed by atoms with van der Waals surface area (Å²) in [5.74, 6) is 1.30. The van der Waals surface area contributed by atoms with Crippen molar-refractivity contribution in [2.24, 2.45) is 0 Å². The number of benzene rings is 1. The van der Waals surface area contributed by atoms with Crippen LogP contribution in [0.5, 0.6) is 5.75 Å². The van der Waals surface area contributed by atoms with E-state index in [-0.39, 0.29) is 5.75 Å². The summed E-state index contributed by atoms with van der Waals surface area (Å²) >= 11 is 0. The second kappa shape index (κ2) is 4.22. The number of fused-ring (bicyclic) bond motifs is 1. The largest absolute Gasteiger partial charge is 0.508 e. The molecule has 1 aliphatic rings. The number of hydrogen-bond acceptors (Lipinski definition) is 4. The Labute approximate surface area is 99.9 Å². The molecule has 0 radical (unpaired) electrons. The van der Waals surface area contributed by atoms with Crippen LogP contribution in [0.1, 0.15) is 0 Å². The van der Waals surface area contributed by atoms with Crippen LogP contribution in [0.3, 0.4) is 0 Å². The van der Waals surface area contributed by atoms with Gasteiger partial charge >= 0.3 is 0 Å². The molecule has 0 spiro atoms. The van der Waals surface area contributed by atoms with E-state index in [0.29, 0.717) is 0 Å². The Balaban J connectivity index is 1.98. The van der Waals surface area contributed by atoms with Gasteiger partial charge in [-0.05, 0) is 23.6 Å². The molecule has 2 aromatic rings. The van der Waals surface area contributed by atoms with E-state index >= 15 is 0 Å². The minimum Gasteiger partial charge on any atom is -0.508 e. The van der Waals surface area contributed by atoms with Gasteiger partial charge in [-0.15, -0.1) is 0 Å². The molecule has 1 fully saturated rings. The van der Waals surface area contributed by atoms with Crippen molar-refractivity contribution in [2.45, 2.75) is 0 Å². The van der Waals surface area contributed by atoms with Gasteiger partial charge in [-0.3, -0.25) is 0 Å². The first-order valence-corrected chi connectivity index (χ1v) is 5.87. The Morgan fingerprint density at radius 1 is 1.12 bits per heavy atom. The number of nitrogens with zero attached hydrogens (tertiary/aromatic N) is 2. The number of hydrogen-bond donors (Lipinski definition) is 2. The van der Waals surface area contributed by atoms with Gasteiger partial charge in [0.1, 0.15) is 11.6 Å². The topological polar surface area (TPSA) is 48.4 Å². The Kier molecular flexibility index (Phi) is 2.57.